The van der Waals surface area contributed by atoms with Gasteiger partial charge in [0.15, 0.2) is 0 Å². The van der Waals surface area contributed by atoms with Gasteiger partial charge in [-0.15, -0.1) is 0 Å². The number of aromatic hydroxyl groups is 1. The van der Waals surface area contributed by atoms with E-state index >= 15 is 0 Å². The van der Waals surface area contributed by atoms with Crippen LogP contribution in [0.3, 0.4) is 0 Å². The number of unbranched alkanes of at least 4 members (excludes halogenated alkanes) is 14. The van der Waals surface area contributed by atoms with Gasteiger partial charge in [0.25, 0.3) is 0 Å². The Hall–Kier alpha value is -2.24. The van der Waals surface area contributed by atoms with E-state index in [1.165, 1.54) is 83.5 Å². The number of amides is 3. The lowest BCUT2D eigenvalue weighted by Gasteiger charge is -2.29. The maximum atomic E-state index is 12.3. The van der Waals surface area contributed by atoms with Crippen LogP contribution in [-0.4, -0.2) is 29.1 Å². The molecule has 0 unspecified atom stereocenters. The minimum absolute atomic E-state index is 0.126. The average molecular weight is 516 g/mol. The fraction of sp³-hybridized carbons (Fsp3) is 0.742. The second-order valence-corrected chi connectivity index (χ2v) is 11.0. The van der Waals surface area contributed by atoms with Crippen molar-refractivity contribution < 1.29 is 14.7 Å². The van der Waals surface area contributed by atoms with Crippen molar-refractivity contribution in [2.45, 2.75) is 147 Å². The molecule has 1 aliphatic carbocycles. The van der Waals surface area contributed by atoms with Crippen LogP contribution in [-0.2, 0) is 4.79 Å². The molecule has 0 spiro atoms. The molecule has 6 heteroatoms. The van der Waals surface area contributed by atoms with Crippen molar-refractivity contribution in [3.8, 4) is 5.75 Å². The van der Waals surface area contributed by atoms with E-state index < -0.39 is 0 Å². The predicted octanol–water partition coefficient (Wildman–Crippen LogP) is 8.20. The lowest BCUT2D eigenvalue weighted by Crippen LogP contribution is -2.44. The van der Waals surface area contributed by atoms with Crippen molar-refractivity contribution in [1.29, 1.82) is 0 Å². The van der Waals surface area contributed by atoms with Crippen molar-refractivity contribution in [2.75, 3.05) is 5.32 Å². The van der Waals surface area contributed by atoms with Gasteiger partial charge in [-0.05, 0) is 56.4 Å². The number of nitrogens with one attached hydrogen (secondary N) is 3. The molecule has 1 fully saturated rings. The van der Waals surface area contributed by atoms with E-state index in [2.05, 4.69) is 22.9 Å². The highest BCUT2D eigenvalue weighted by Gasteiger charge is 2.23. The first-order valence-corrected chi connectivity index (χ1v) is 15.2. The summed E-state index contributed by atoms with van der Waals surface area (Å²) in [5.41, 5.74) is 0.648. The summed E-state index contributed by atoms with van der Waals surface area (Å²) in [6.45, 7) is 2.28. The van der Waals surface area contributed by atoms with Gasteiger partial charge < -0.3 is 21.1 Å². The Bertz CT molecular complexity index is 730. The summed E-state index contributed by atoms with van der Waals surface area (Å²) in [6, 6.07) is 6.54. The molecule has 1 saturated carbocycles. The van der Waals surface area contributed by atoms with E-state index in [4.69, 9.17) is 0 Å². The molecular weight excluding hydrogens is 462 g/mol. The Morgan fingerprint density at radius 1 is 0.676 bits per heavy atom. The third-order valence-corrected chi connectivity index (χ3v) is 7.56. The van der Waals surface area contributed by atoms with Gasteiger partial charge in [-0.2, -0.15) is 0 Å². The number of carbonyl (C=O) groups excluding carboxylic acids is 2. The van der Waals surface area contributed by atoms with Crippen LogP contribution >= 0.6 is 0 Å². The van der Waals surface area contributed by atoms with Gasteiger partial charge >= 0.3 is 6.03 Å². The van der Waals surface area contributed by atoms with E-state index in [1.54, 1.807) is 24.3 Å². The Morgan fingerprint density at radius 3 is 1.59 bits per heavy atom. The number of hydrogen-bond acceptors (Lipinski definition) is 3. The average Bonchev–Trinajstić information content (AvgIpc) is 2.89. The summed E-state index contributed by atoms with van der Waals surface area (Å²) < 4.78 is 0. The van der Waals surface area contributed by atoms with E-state index in [0.29, 0.717) is 12.1 Å². The van der Waals surface area contributed by atoms with E-state index in [1.807, 2.05) is 0 Å². The predicted molar refractivity (Wildman–Crippen MR) is 154 cm³/mol. The summed E-state index contributed by atoms with van der Waals surface area (Å²) in [6.07, 6.45) is 24.2. The first-order valence-electron chi connectivity index (χ1n) is 15.2. The zero-order valence-corrected chi connectivity index (χ0v) is 23.4. The topological polar surface area (TPSA) is 90.5 Å². The number of anilines is 1. The molecule has 0 atom stereocenters. The molecule has 6 nitrogen and oxygen atoms in total. The van der Waals surface area contributed by atoms with Crippen LogP contribution in [0.2, 0.25) is 0 Å². The van der Waals surface area contributed by atoms with Crippen molar-refractivity contribution in [1.82, 2.24) is 10.6 Å². The molecule has 210 valence electrons. The van der Waals surface area contributed by atoms with Crippen LogP contribution in [0.5, 0.6) is 5.75 Å². The van der Waals surface area contributed by atoms with E-state index in [0.717, 1.165) is 38.5 Å². The van der Waals surface area contributed by atoms with Crippen LogP contribution in [0.1, 0.15) is 135 Å². The molecule has 0 saturated heterocycles. The Kier molecular flexibility index (Phi) is 16.6. The fourth-order valence-electron chi connectivity index (χ4n) is 5.24. The molecule has 1 aliphatic rings. The highest BCUT2D eigenvalue weighted by molar-refractivity contribution is 5.89. The number of hydrogen-bond donors (Lipinski definition) is 4. The van der Waals surface area contributed by atoms with Gasteiger partial charge in [-0.1, -0.05) is 96.8 Å². The largest absolute Gasteiger partial charge is 0.508 e. The Balaban J connectivity index is 1.38. The summed E-state index contributed by atoms with van der Waals surface area (Å²) in [7, 11) is 0. The first kappa shape index (κ1) is 31.0. The number of urea groups is 1. The zero-order valence-electron chi connectivity index (χ0n) is 23.4. The van der Waals surface area contributed by atoms with Crippen molar-refractivity contribution in [3.05, 3.63) is 24.3 Å². The molecule has 0 bridgehead atoms. The van der Waals surface area contributed by atoms with Gasteiger partial charge in [0, 0.05) is 24.2 Å². The molecule has 37 heavy (non-hydrogen) atoms. The number of benzene rings is 1. The standard InChI is InChI=1S/C31H53N3O3/c1-2-3-4-5-6-7-8-9-10-11-12-13-14-15-16-17-30(36)32-26-18-20-27(21-19-26)33-31(37)34-28-22-24-29(35)25-23-28/h22-27,35H,2-21H2,1H3,(H,32,36)(H2,33,34,37). The maximum absolute atomic E-state index is 12.3. The molecule has 0 heterocycles. The molecule has 1 aromatic rings. The molecule has 4 N–H and O–H groups in total. The first-order chi connectivity index (χ1) is 18.1. The highest BCUT2D eigenvalue weighted by atomic mass is 16.3. The number of carbonyl (C=O) groups is 2. The zero-order chi connectivity index (χ0) is 26.6. The highest BCUT2D eigenvalue weighted by Crippen LogP contribution is 2.20. The Labute approximate surface area is 225 Å². The molecule has 1 aromatic carbocycles. The number of rotatable bonds is 19. The second kappa shape index (κ2) is 19.8. The van der Waals surface area contributed by atoms with Gasteiger partial charge in [-0.25, -0.2) is 4.79 Å². The smallest absolute Gasteiger partial charge is 0.319 e. The van der Waals surface area contributed by atoms with Gasteiger partial charge in [0.1, 0.15) is 5.75 Å². The summed E-state index contributed by atoms with van der Waals surface area (Å²) in [4.78, 5) is 24.5. The van der Waals surface area contributed by atoms with Gasteiger partial charge in [0.05, 0.1) is 0 Å². The number of phenolic OH excluding ortho intramolecular Hbond substituents is 1. The lowest BCUT2D eigenvalue weighted by atomic mass is 9.91. The van der Waals surface area contributed by atoms with Crippen molar-refractivity contribution in [3.63, 3.8) is 0 Å². The van der Waals surface area contributed by atoms with Crippen LogP contribution in [0.15, 0.2) is 24.3 Å². The normalized spacial score (nSPS) is 17.3. The maximum Gasteiger partial charge on any atom is 0.319 e. The van der Waals surface area contributed by atoms with Gasteiger partial charge in [-0.3, -0.25) is 4.79 Å². The number of phenols is 1. The summed E-state index contributed by atoms with van der Waals surface area (Å²) in [5.74, 6) is 0.349. The van der Waals surface area contributed by atoms with Crippen LogP contribution in [0, 0.1) is 0 Å². The molecular formula is C31H53N3O3. The summed E-state index contributed by atoms with van der Waals surface area (Å²) >= 11 is 0. The molecule has 2 rings (SSSR count). The van der Waals surface area contributed by atoms with Crippen LogP contribution < -0.4 is 16.0 Å². The van der Waals surface area contributed by atoms with Gasteiger partial charge in [0.2, 0.25) is 5.91 Å². The van der Waals surface area contributed by atoms with Crippen molar-refractivity contribution in [2.24, 2.45) is 0 Å². The summed E-state index contributed by atoms with van der Waals surface area (Å²) in [5, 5.41) is 18.3. The monoisotopic (exact) mass is 515 g/mol. The molecule has 0 radical (unpaired) electrons. The quantitative estimate of drug-likeness (QED) is 0.110. The molecule has 0 aliphatic heterocycles. The minimum Gasteiger partial charge on any atom is -0.508 e. The van der Waals surface area contributed by atoms with E-state index in [9.17, 15) is 14.7 Å². The van der Waals surface area contributed by atoms with Crippen LogP contribution in [0.4, 0.5) is 10.5 Å². The van der Waals surface area contributed by atoms with Crippen LogP contribution in [0.25, 0.3) is 0 Å². The fourth-order valence-corrected chi connectivity index (χ4v) is 5.24. The molecule has 0 aromatic heterocycles. The molecule has 3 amide bonds. The van der Waals surface area contributed by atoms with E-state index in [-0.39, 0.29) is 29.8 Å². The lowest BCUT2D eigenvalue weighted by molar-refractivity contribution is -0.122. The SMILES string of the molecule is CCCCCCCCCCCCCCCCCC(=O)NC1CCC(NC(=O)Nc2ccc(O)cc2)CC1. The third-order valence-electron chi connectivity index (χ3n) is 7.56. The third kappa shape index (κ3) is 15.6. The Morgan fingerprint density at radius 2 is 1.11 bits per heavy atom. The second-order valence-electron chi connectivity index (χ2n) is 11.0. The minimum atomic E-state index is -0.230. The van der Waals surface area contributed by atoms with Crippen molar-refractivity contribution >= 4 is 17.6 Å².